The fourth-order valence-corrected chi connectivity index (χ4v) is 5.00. The molecule has 0 unspecified atom stereocenters. The largest absolute Gasteiger partial charge is 0.508 e. The molecule has 0 atom stereocenters. The van der Waals surface area contributed by atoms with Crippen LogP contribution < -0.4 is 15.4 Å². The van der Waals surface area contributed by atoms with E-state index in [2.05, 4.69) is 15.6 Å². The van der Waals surface area contributed by atoms with Crippen molar-refractivity contribution in [3.05, 3.63) is 52.3 Å². The van der Waals surface area contributed by atoms with Crippen LogP contribution in [-0.2, 0) is 4.79 Å². The number of benzene rings is 2. The van der Waals surface area contributed by atoms with Crippen LogP contribution in [0.1, 0.15) is 21.8 Å². The molecular weight excluding hydrogens is 434 g/mol. The molecule has 2 amide bonds. The zero-order chi connectivity index (χ0) is 21.8. The number of thiophene rings is 1. The molecule has 0 saturated heterocycles. The van der Waals surface area contributed by atoms with Crippen LogP contribution in [0.25, 0.3) is 20.3 Å². The summed E-state index contributed by atoms with van der Waals surface area (Å²) in [6.07, 6.45) is 0.581. The molecule has 7 nitrogen and oxygen atoms in total. The van der Waals surface area contributed by atoms with Crippen LogP contribution in [-0.4, -0.2) is 41.6 Å². The Bertz CT molecular complexity index is 1250. The molecule has 0 spiro atoms. The second-order valence-corrected chi connectivity index (χ2v) is 9.07. The molecular formula is C22H21N3O4S2. The van der Waals surface area contributed by atoms with Crippen LogP contribution in [0.15, 0.2) is 41.8 Å². The van der Waals surface area contributed by atoms with Crippen molar-refractivity contribution < 1.29 is 19.4 Å². The monoisotopic (exact) mass is 455 g/mol. The maximum atomic E-state index is 12.2. The maximum absolute atomic E-state index is 12.2. The predicted molar refractivity (Wildman–Crippen MR) is 123 cm³/mol. The van der Waals surface area contributed by atoms with Gasteiger partial charge in [-0.3, -0.25) is 9.59 Å². The van der Waals surface area contributed by atoms with Gasteiger partial charge in [-0.15, -0.1) is 22.7 Å². The van der Waals surface area contributed by atoms with E-state index in [1.54, 1.807) is 34.8 Å². The molecule has 2 aromatic heterocycles. The lowest BCUT2D eigenvalue weighted by Crippen LogP contribution is -2.32. The molecule has 2 heterocycles. The van der Waals surface area contributed by atoms with Crippen LogP contribution in [0.4, 0.5) is 0 Å². The molecule has 31 heavy (non-hydrogen) atoms. The number of carbonyl (C=O) groups is 2. The molecule has 4 rings (SSSR count). The number of ether oxygens (including phenoxy) is 1. The fourth-order valence-electron chi connectivity index (χ4n) is 3.17. The van der Waals surface area contributed by atoms with Gasteiger partial charge >= 0.3 is 0 Å². The highest BCUT2D eigenvalue weighted by Gasteiger charge is 2.13. The van der Waals surface area contributed by atoms with Gasteiger partial charge in [0.1, 0.15) is 11.5 Å². The number of carbonyl (C=O) groups excluding carboxylic acids is 2. The zero-order valence-corrected chi connectivity index (χ0v) is 18.4. The van der Waals surface area contributed by atoms with Gasteiger partial charge < -0.3 is 20.5 Å². The van der Waals surface area contributed by atoms with Crippen molar-refractivity contribution in [2.24, 2.45) is 0 Å². The average Bonchev–Trinajstić information content (AvgIpc) is 3.37. The van der Waals surface area contributed by atoms with Crippen molar-refractivity contribution in [1.82, 2.24) is 15.6 Å². The van der Waals surface area contributed by atoms with Gasteiger partial charge in [0.25, 0.3) is 11.8 Å². The first-order valence-electron chi connectivity index (χ1n) is 9.75. The number of aromatic hydroxyl groups is 1. The molecule has 0 fully saturated rings. The molecule has 9 heteroatoms. The van der Waals surface area contributed by atoms with E-state index in [0.717, 1.165) is 25.3 Å². The number of aryl methyl sites for hydroxylation is 1. The van der Waals surface area contributed by atoms with Gasteiger partial charge in [-0.25, -0.2) is 4.98 Å². The SMILES string of the molecule is Cc1nc2c(cc(OCC(=O)NCCCNC(=O)c3cccc(O)c3)c3ccsc32)s1. The Morgan fingerprint density at radius 1 is 1.16 bits per heavy atom. The summed E-state index contributed by atoms with van der Waals surface area (Å²) in [4.78, 5) is 28.8. The van der Waals surface area contributed by atoms with Crippen LogP contribution in [0, 0.1) is 6.92 Å². The van der Waals surface area contributed by atoms with Gasteiger partial charge in [-0.05, 0) is 43.0 Å². The number of phenolic OH excluding ortho intramolecular Hbond substituents is 1. The van der Waals surface area contributed by atoms with Crippen LogP contribution in [0.3, 0.4) is 0 Å². The molecule has 0 bridgehead atoms. The Labute approximate surface area is 186 Å². The lowest BCUT2D eigenvalue weighted by molar-refractivity contribution is -0.123. The maximum Gasteiger partial charge on any atom is 0.257 e. The second kappa shape index (κ2) is 9.32. The van der Waals surface area contributed by atoms with Crippen molar-refractivity contribution in [3.63, 3.8) is 0 Å². The molecule has 4 aromatic rings. The molecule has 3 N–H and O–H groups in total. The number of amides is 2. The highest BCUT2D eigenvalue weighted by molar-refractivity contribution is 7.21. The first-order chi connectivity index (χ1) is 15.0. The molecule has 0 aliphatic rings. The Balaban J connectivity index is 1.23. The Morgan fingerprint density at radius 3 is 2.84 bits per heavy atom. The van der Waals surface area contributed by atoms with E-state index in [4.69, 9.17) is 4.74 Å². The number of hydrogen-bond acceptors (Lipinski definition) is 7. The summed E-state index contributed by atoms with van der Waals surface area (Å²) in [6, 6.07) is 10.1. The third-order valence-electron chi connectivity index (χ3n) is 4.60. The van der Waals surface area contributed by atoms with E-state index in [1.807, 2.05) is 24.4 Å². The van der Waals surface area contributed by atoms with Crippen molar-refractivity contribution in [3.8, 4) is 11.5 Å². The first kappa shape index (κ1) is 21.1. The minimum atomic E-state index is -0.265. The van der Waals surface area contributed by atoms with Gasteiger partial charge in [0.05, 0.1) is 19.9 Å². The first-order valence-corrected chi connectivity index (χ1v) is 11.4. The lowest BCUT2D eigenvalue weighted by Gasteiger charge is -2.09. The fraction of sp³-hybridized carbons (Fsp3) is 0.227. The third-order valence-corrected chi connectivity index (χ3v) is 6.44. The van der Waals surface area contributed by atoms with Gasteiger partial charge in [-0.1, -0.05) is 6.07 Å². The second-order valence-electron chi connectivity index (χ2n) is 6.92. The zero-order valence-electron chi connectivity index (χ0n) is 16.8. The lowest BCUT2D eigenvalue weighted by atomic mass is 10.2. The van der Waals surface area contributed by atoms with E-state index in [1.165, 1.54) is 12.1 Å². The smallest absolute Gasteiger partial charge is 0.257 e. The summed E-state index contributed by atoms with van der Waals surface area (Å²) >= 11 is 3.22. The van der Waals surface area contributed by atoms with E-state index >= 15 is 0 Å². The summed E-state index contributed by atoms with van der Waals surface area (Å²) < 4.78 is 7.92. The van der Waals surface area contributed by atoms with Crippen molar-refractivity contribution >= 4 is 54.8 Å². The van der Waals surface area contributed by atoms with Gasteiger partial charge in [-0.2, -0.15) is 0 Å². The number of fused-ring (bicyclic) bond motifs is 3. The topological polar surface area (TPSA) is 101 Å². The van der Waals surface area contributed by atoms with Gasteiger partial charge in [0.2, 0.25) is 0 Å². The molecule has 0 aliphatic carbocycles. The molecule has 0 radical (unpaired) electrons. The number of nitrogens with zero attached hydrogens (tertiary/aromatic N) is 1. The van der Waals surface area contributed by atoms with Crippen LogP contribution in [0.2, 0.25) is 0 Å². The molecule has 0 aliphatic heterocycles. The van der Waals surface area contributed by atoms with Gasteiger partial charge in [0, 0.05) is 30.1 Å². The number of hydrogen-bond donors (Lipinski definition) is 3. The van der Waals surface area contributed by atoms with E-state index in [-0.39, 0.29) is 24.2 Å². The standard InChI is InChI=1S/C22H21N3O4S2/c1-13-25-20-18(31-13)11-17(16-6-9-30-21(16)20)29-12-19(27)23-7-3-8-24-22(28)14-4-2-5-15(26)10-14/h2,4-6,9-11,26H,3,7-8,12H2,1H3,(H,23,27)(H,24,28). The average molecular weight is 456 g/mol. The van der Waals surface area contributed by atoms with Crippen LogP contribution in [0.5, 0.6) is 11.5 Å². The molecule has 2 aromatic carbocycles. The van der Waals surface area contributed by atoms with Crippen LogP contribution >= 0.6 is 22.7 Å². The Morgan fingerprint density at radius 2 is 2.00 bits per heavy atom. The van der Waals surface area contributed by atoms with Crippen molar-refractivity contribution in [2.75, 3.05) is 19.7 Å². The number of rotatable bonds is 8. The number of phenols is 1. The minimum absolute atomic E-state index is 0.0456. The Kier molecular flexibility index (Phi) is 6.34. The van der Waals surface area contributed by atoms with E-state index < -0.39 is 0 Å². The normalized spacial score (nSPS) is 11.0. The summed E-state index contributed by atoms with van der Waals surface area (Å²) in [5.74, 6) is 0.243. The summed E-state index contributed by atoms with van der Waals surface area (Å²) in [6.45, 7) is 2.73. The van der Waals surface area contributed by atoms with Crippen molar-refractivity contribution in [1.29, 1.82) is 0 Å². The number of aromatic nitrogens is 1. The highest BCUT2D eigenvalue weighted by Crippen LogP contribution is 2.38. The third kappa shape index (κ3) is 4.95. The van der Waals surface area contributed by atoms with E-state index in [0.29, 0.717) is 30.8 Å². The van der Waals surface area contributed by atoms with Gasteiger partial charge in [0.15, 0.2) is 6.61 Å². The summed E-state index contributed by atoms with van der Waals surface area (Å²) in [7, 11) is 0. The van der Waals surface area contributed by atoms with E-state index in [9.17, 15) is 14.7 Å². The molecule has 160 valence electrons. The highest BCUT2D eigenvalue weighted by atomic mass is 32.1. The Hall–Kier alpha value is -3.17. The summed E-state index contributed by atoms with van der Waals surface area (Å²) in [5, 5.41) is 18.9. The molecule has 0 saturated carbocycles. The van der Waals surface area contributed by atoms with Crippen molar-refractivity contribution in [2.45, 2.75) is 13.3 Å². The minimum Gasteiger partial charge on any atom is -0.508 e. The summed E-state index contributed by atoms with van der Waals surface area (Å²) in [5.41, 5.74) is 1.38. The predicted octanol–water partition coefficient (Wildman–Crippen LogP) is 3.84. The number of thiazole rings is 1. The number of nitrogens with one attached hydrogen (secondary N) is 2. The quantitative estimate of drug-likeness (QED) is 0.351.